The summed E-state index contributed by atoms with van der Waals surface area (Å²) in [5, 5.41) is 12.1. The van der Waals surface area contributed by atoms with Crippen LogP contribution in [0.25, 0.3) is 0 Å². The van der Waals surface area contributed by atoms with Gasteiger partial charge in [-0.05, 0) is 44.9 Å². The Kier molecular flexibility index (Phi) is 5.28. The Morgan fingerprint density at radius 3 is 2.48 bits per heavy atom. The molecule has 21 heavy (non-hydrogen) atoms. The fourth-order valence-electron chi connectivity index (χ4n) is 4.00. The molecule has 1 amide bonds. The van der Waals surface area contributed by atoms with E-state index in [2.05, 4.69) is 5.32 Å². The minimum Gasteiger partial charge on any atom is -0.481 e. The first-order valence-corrected chi connectivity index (χ1v) is 8.43. The Bertz CT molecular complexity index is 389. The van der Waals surface area contributed by atoms with Crippen molar-refractivity contribution in [2.75, 3.05) is 6.54 Å². The Balaban J connectivity index is 1.83. The van der Waals surface area contributed by atoms with Crippen molar-refractivity contribution in [2.45, 2.75) is 65.2 Å². The molecule has 0 aliphatic heterocycles. The number of fused-ring (bicyclic) bond motifs is 1. The number of hydrogen-bond acceptors (Lipinski definition) is 2. The number of nitrogens with one attached hydrogen (secondary N) is 1. The van der Waals surface area contributed by atoms with E-state index in [1.807, 2.05) is 0 Å². The van der Waals surface area contributed by atoms with Crippen molar-refractivity contribution in [2.24, 2.45) is 23.2 Å². The van der Waals surface area contributed by atoms with Crippen LogP contribution in [0.4, 0.5) is 0 Å². The van der Waals surface area contributed by atoms with Crippen LogP contribution in [-0.2, 0) is 9.59 Å². The third kappa shape index (κ3) is 3.98. The highest BCUT2D eigenvalue weighted by atomic mass is 16.4. The largest absolute Gasteiger partial charge is 0.481 e. The van der Waals surface area contributed by atoms with Gasteiger partial charge in [-0.3, -0.25) is 9.59 Å². The molecule has 0 saturated heterocycles. The van der Waals surface area contributed by atoms with Gasteiger partial charge in [-0.25, -0.2) is 0 Å². The van der Waals surface area contributed by atoms with Crippen LogP contribution in [0.2, 0.25) is 0 Å². The van der Waals surface area contributed by atoms with Crippen molar-refractivity contribution in [3.05, 3.63) is 0 Å². The van der Waals surface area contributed by atoms with Crippen LogP contribution in [0.15, 0.2) is 0 Å². The molecule has 2 N–H and O–H groups in total. The third-order valence-electron chi connectivity index (χ3n) is 5.54. The molecule has 4 heteroatoms. The van der Waals surface area contributed by atoms with Crippen molar-refractivity contribution in [3.8, 4) is 0 Å². The Morgan fingerprint density at radius 2 is 1.76 bits per heavy atom. The number of amides is 1. The van der Waals surface area contributed by atoms with Crippen LogP contribution in [0, 0.1) is 23.2 Å². The minimum absolute atomic E-state index is 0.160. The molecule has 4 nitrogen and oxygen atoms in total. The first kappa shape index (κ1) is 16.3. The Labute approximate surface area is 127 Å². The summed E-state index contributed by atoms with van der Waals surface area (Å²) >= 11 is 0. The van der Waals surface area contributed by atoms with E-state index in [9.17, 15) is 9.59 Å². The molecule has 2 aliphatic rings. The van der Waals surface area contributed by atoms with Gasteiger partial charge in [-0.15, -0.1) is 0 Å². The molecule has 0 spiro atoms. The van der Waals surface area contributed by atoms with Gasteiger partial charge in [0.05, 0.1) is 5.41 Å². The number of aliphatic carboxylic acids is 1. The molecular formula is C17H29NO3. The summed E-state index contributed by atoms with van der Waals surface area (Å²) in [7, 11) is 0. The summed E-state index contributed by atoms with van der Waals surface area (Å²) in [6, 6.07) is 0. The topological polar surface area (TPSA) is 66.4 Å². The van der Waals surface area contributed by atoms with Gasteiger partial charge >= 0.3 is 5.97 Å². The predicted molar refractivity (Wildman–Crippen MR) is 81.8 cm³/mol. The summed E-state index contributed by atoms with van der Waals surface area (Å²) in [5.41, 5.74) is -0.771. The zero-order chi connectivity index (χ0) is 15.5. The fourth-order valence-corrected chi connectivity index (χ4v) is 4.00. The second-order valence-electron chi connectivity index (χ2n) is 7.48. The molecule has 2 rings (SSSR count). The maximum absolute atomic E-state index is 12.5. The van der Waals surface area contributed by atoms with Gasteiger partial charge in [0, 0.05) is 12.5 Å². The average molecular weight is 295 g/mol. The van der Waals surface area contributed by atoms with Crippen molar-refractivity contribution in [1.82, 2.24) is 5.32 Å². The number of carbonyl (C=O) groups excluding carboxylic acids is 1. The van der Waals surface area contributed by atoms with Crippen LogP contribution >= 0.6 is 0 Å². The molecular weight excluding hydrogens is 266 g/mol. The third-order valence-corrected chi connectivity index (χ3v) is 5.54. The Hall–Kier alpha value is -1.06. The van der Waals surface area contributed by atoms with Gasteiger partial charge in [0.1, 0.15) is 0 Å². The maximum atomic E-state index is 12.5. The molecule has 2 saturated carbocycles. The number of carbonyl (C=O) groups is 2. The molecule has 2 aliphatic carbocycles. The molecule has 0 aromatic heterocycles. The number of rotatable bonds is 5. The average Bonchev–Trinajstić information content (AvgIpc) is 2.46. The SMILES string of the molecule is CC(C)(CCNC(=O)C1CCCC2CCCCC21)C(=O)O. The second-order valence-corrected chi connectivity index (χ2v) is 7.48. The first-order chi connectivity index (χ1) is 9.92. The van der Waals surface area contributed by atoms with E-state index in [0.29, 0.717) is 18.9 Å². The molecule has 0 bridgehead atoms. The summed E-state index contributed by atoms with van der Waals surface area (Å²) in [6.07, 6.45) is 9.02. The lowest BCUT2D eigenvalue weighted by Crippen LogP contribution is -2.42. The van der Waals surface area contributed by atoms with Gasteiger partial charge in [0.2, 0.25) is 5.91 Å². The zero-order valence-corrected chi connectivity index (χ0v) is 13.4. The highest BCUT2D eigenvalue weighted by Crippen LogP contribution is 2.43. The van der Waals surface area contributed by atoms with E-state index >= 15 is 0 Å². The summed E-state index contributed by atoms with van der Waals surface area (Å²) < 4.78 is 0. The van der Waals surface area contributed by atoms with Gasteiger partial charge in [0.15, 0.2) is 0 Å². The van der Waals surface area contributed by atoms with Crippen molar-refractivity contribution in [3.63, 3.8) is 0 Å². The Morgan fingerprint density at radius 1 is 1.10 bits per heavy atom. The van der Waals surface area contributed by atoms with E-state index in [1.165, 1.54) is 38.5 Å². The minimum atomic E-state index is -0.804. The molecule has 2 fully saturated rings. The van der Waals surface area contributed by atoms with Crippen molar-refractivity contribution in [1.29, 1.82) is 0 Å². The first-order valence-electron chi connectivity index (χ1n) is 8.43. The molecule has 0 radical (unpaired) electrons. The number of carboxylic acids is 1. The van der Waals surface area contributed by atoms with Crippen LogP contribution in [0.3, 0.4) is 0 Å². The lowest BCUT2D eigenvalue weighted by Gasteiger charge is -2.40. The molecule has 0 aromatic carbocycles. The summed E-state index contributed by atoms with van der Waals surface area (Å²) in [5.74, 6) is 0.838. The van der Waals surface area contributed by atoms with Crippen LogP contribution in [0.5, 0.6) is 0 Å². The number of hydrogen-bond donors (Lipinski definition) is 2. The zero-order valence-electron chi connectivity index (χ0n) is 13.4. The van der Waals surface area contributed by atoms with E-state index in [-0.39, 0.29) is 11.8 Å². The van der Waals surface area contributed by atoms with Crippen LogP contribution < -0.4 is 5.32 Å². The number of carboxylic acid groups (broad SMARTS) is 1. The molecule has 120 valence electrons. The standard InChI is InChI=1S/C17H29NO3/c1-17(2,16(20)21)10-11-18-15(19)14-9-5-7-12-6-3-4-8-13(12)14/h12-14H,3-11H2,1-2H3,(H,18,19)(H,20,21). The predicted octanol–water partition coefficient (Wildman–Crippen LogP) is 3.21. The van der Waals surface area contributed by atoms with Crippen LogP contribution in [-0.4, -0.2) is 23.5 Å². The van der Waals surface area contributed by atoms with E-state index in [1.54, 1.807) is 13.8 Å². The van der Waals surface area contributed by atoms with Gasteiger partial charge in [0.25, 0.3) is 0 Å². The fraction of sp³-hybridized carbons (Fsp3) is 0.882. The molecule has 3 atom stereocenters. The normalized spacial score (nSPS) is 29.5. The lowest BCUT2D eigenvalue weighted by atomic mass is 9.65. The van der Waals surface area contributed by atoms with Gasteiger partial charge in [-0.2, -0.15) is 0 Å². The van der Waals surface area contributed by atoms with E-state index in [4.69, 9.17) is 5.11 Å². The van der Waals surface area contributed by atoms with E-state index < -0.39 is 11.4 Å². The van der Waals surface area contributed by atoms with Gasteiger partial charge < -0.3 is 10.4 Å². The molecule has 3 unspecified atom stereocenters. The monoisotopic (exact) mass is 295 g/mol. The molecule has 0 heterocycles. The quantitative estimate of drug-likeness (QED) is 0.818. The maximum Gasteiger partial charge on any atom is 0.309 e. The second kappa shape index (κ2) is 6.80. The summed E-state index contributed by atoms with van der Waals surface area (Å²) in [6.45, 7) is 3.88. The van der Waals surface area contributed by atoms with Gasteiger partial charge in [-0.1, -0.05) is 32.1 Å². The lowest BCUT2D eigenvalue weighted by molar-refractivity contribution is -0.147. The summed E-state index contributed by atoms with van der Waals surface area (Å²) in [4.78, 5) is 23.5. The van der Waals surface area contributed by atoms with Crippen molar-refractivity contribution < 1.29 is 14.7 Å². The molecule has 0 aromatic rings. The van der Waals surface area contributed by atoms with Crippen LogP contribution in [0.1, 0.15) is 65.2 Å². The highest BCUT2D eigenvalue weighted by Gasteiger charge is 2.38. The van der Waals surface area contributed by atoms with E-state index in [0.717, 1.165) is 12.3 Å². The highest BCUT2D eigenvalue weighted by molar-refractivity contribution is 5.79. The smallest absolute Gasteiger partial charge is 0.309 e. The van der Waals surface area contributed by atoms with Crippen molar-refractivity contribution >= 4 is 11.9 Å².